The van der Waals surface area contributed by atoms with E-state index in [0.717, 1.165) is 39.0 Å². The van der Waals surface area contributed by atoms with Gasteiger partial charge in [0.1, 0.15) is 0 Å². The molecule has 2 heterocycles. The second-order valence-electron chi connectivity index (χ2n) is 7.13. The number of rotatable bonds is 6. The maximum Gasteiger partial charge on any atom is 0.254 e. The van der Waals surface area contributed by atoms with Crippen LogP contribution in [0.2, 0.25) is 5.02 Å². The second kappa shape index (κ2) is 8.96. The van der Waals surface area contributed by atoms with Crippen LogP contribution in [0.25, 0.3) is 0 Å². The van der Waals surface area contributed by atoms with E-state index in [-0.39, 0.29) is 5.91 Å². The predicted molar refractivity (Wildman–Crippen MR) is 104 cm³/mol. The Kier molecular flexibility index (Phi) is 6.65. The molecule has 2 aliphatic rings. The van der Waals surface area contributed by atoms with Gasteiger partial charge in [0.25, 0.3) is 5.91 Å². The topological polar surface area (TPSA) is 42.0 Å². The Hall–Kier alpha value is -1.46. The summed E-state index contributed by atoms with van der Waals surface area (Å²) in [5.41, 5.74) is 0.567. The first-order valence-corrected chi connectivity index (χ1v) is 10.1. The monoisotopic (exact) mass is 380 g/mol. The summed E-state index contributed by atoms with van der Waals surface area (Å²) in [6.45, 7) is 6.52. The van der Waals surface area contributed by atoms with Crippen molar-refractivity contribution in [3.8, 4) is 11.5 Å². The Balaban J connectivity index is 1.75. The van der Waals surface area contributed by atoms with Gasteiger partial charge in [0.2, 0.25) is 0 Å². The molecule has 0 saturated carbocycles. The number of halogens is 1. The standard InChI is InChI=1S/C20H29ClN2O3/c1-3-11-26-19-17(21)12-15(13-18(19)25-2)20(24)23-10-6-7-16(14-23)22-8-4-5-9-22/h12-13,16H,3-11,14H2,1-2H3. The normalized spacial score (nSPS) is 21.0. The minimum atomic E-state index is 0.0242. The number of likely N-dealkylation sites (tertiary alicyclic amines) is 2. The molecule has 0 N–H and O–H groups in total. The number of piperidine rings is 1. The number of nitrogens with zero attached hydrogens (tertiary/aromatic N) is 2. The molecule has 5 nitrogen and oxygen atoms in total. The summed E-state index contributed by atoms with van der Waals surface area (Å²) < 4.78 is 11.1. The number of carbonyl (C=O) groups excluding carboxylic acids is 1. The van der Waals surface area contributed by atoms with Gasteiger partial charge in [-0.15, -0.1) is 0 Å². The Morgan fingerprint density at radius 1 is 1.23 bits per heavy atom. The summed E-state index contributed by atoms with van der Waals surface area (Å²) in [6, 6.07) is 3.94. The third-order valence-corrected chi connectivity index (χ3v) is 5.55. The number of benzene rings is 1. The fourth-order valence-electron chi connectivity index (χ4n) is 3.91. The Morgan fingerprint density at radius 2 is 2.00 bits per heavy atom. The van der Waals surface area contributed by atoms with E-state index in [0.29, 0.717) is 34.7 Å². The second-order valence-corrected chi connectivity index (χ2v) is 7.54. The van der Waals surface area contributed by atoms with E-state index >= 15 is 0 Å². The van der Waals surface area contributed by atoms with Gasteiger partial charge in [0.05, 0.1) is 18.7 Å². The van der Waals surface area contributed by atoms with Gasteiger partial charge in [0, 0.05) is 24.7 Å². The van der Waals surface area contributed by atoms with Gasteiger partial charge in [-0.25, -0.2) is 0 Å². The zero-order chi connectivity index (χ0) is 18.5. The van der Waals surface area contributed by atoms with Crippen LogP contribution in [-0.4, -0.2) is 61.6 Å². The van der Waals surface area contributed by atoms with Crippen LogP contribution >= 0.6 is 11.6 Å². The van der Waals surface area contributed by atoms with Crippen molar-refractivity contribution in [1.82, 2.24) is 9.80 Å². The highest BCUT2D eigenvalue weighted by atomic mass is 35.5. The maximum absolute atomic E-state index is 13.1. The first-order valence-electron chi connectivity index (χ1n) is 9.67. The predicted octanol–water partition coefficient (Wildman–Crippen LogP) is 3.84. The lowest BCUT2D eigenvalue weighted by Gasteiger charge is -2.37. The van der Waals surface area contributed by atoms with Crippen LogP contribution in [0.1, 0.15) is 49.4 Å². The molecule has 1 unspecified atom stereocenters. The molecule has 1 aromatic carbocycles. The number of hydrogen-bond donors (Lipinski definition) is 0. The Labute approximate surface area is 161 Å². The fraction of sp³-hybridized carbons (Fsp3) is 0.650. The van der Waals surface area contributed by atoms with Gasteiger partial charge in [-0.3, -0.25) is 9.69 Å². The van der Waals surface area contributed by atoms with Crippen molar-refractivity contribution in [2.75, 3.05) is 39.9 Å². The average molecular weight is 381 g/mol. The Morgan fingerprint density at radius 3 is 2.69 bits per heavy atom. The molecular formula is C20H29ClN2O3. The van der Waals surface area contributed by atoms with Crippen molar-refractivity contribution in [2.45, 2.75) is 45.1 Å². The lowest BCUT2D eigenvalue weighted by molar-refractivity contribution is 0.0607. The number of ether oxygens (including phenoxy) is 2. The van der Waals surface area contributed by atoms with Crippen LogP contribution in [0, 0.1) is 0 Å². The average Bonchev–Trinajstić information content (AvgIpc) is 3.21. The third kappa shape index (κ3) is 4.26. The summed E-state index contributed by atoms with van der Waals surface area (Å²) in [7, 11) is 1.57. The van der Waals surface area contributed by atoms with Crippen LogP contribution in [0.3, 0.4) is 0 Å². The smallest absolute Gasteiger partial charge is 0.254 e. The lowest BCUT2D eigenvalue weighted by atomic mass is 10.0. The molecule has 1 atom stereocenters. The van der Waals surface area contributed by atoms with Gasteiger partial charge in [-0.05, 0) is 57.3 Å². The van der Waals surface area contributed by atoms with Gasteiger partial charge < -0.3 is 14.4 Å². The number of carbonyl (C=O) groups is 1. The summed E-state index contributed by atoms with van der Waals surface area (Å²) in [6.07, 6.45) is 5.66. The zero-order valence-electron chi connectivity index (χ0n) is 15.8. The third-order valence-electron chi connectivity index (χ3n) is 5.27. The molecule has 0 radical (unpaired) electrons. The molecule has 2 aliphatic heterocycles. The number of amides is 1. The molecule has 0 aliphatic carbocycles. The Bertz CT molecular complexity index is 632. The quantitative estimate of drug-likeness (QED) is 0.752. The molecule has 2 saturated heterocycles. The summed E-state index contributed by atoms with van der Waals surface area (Å²) in [5, 5.41) is 0.425. The maximum atomic E-state index is 13.1. The number of methoxy groups -OCH3 is 1. The van der Waals surface area contributed by atoms with Crippen LogP contribution in [-0.2, 0) is 0 Å². The van der Waals surface area contributed by atoms with E-state index in [9.17, 15) is 4.79 Å². The minimum Gasteiger partial charge on any atom is -0.493 e. The summed E-state index contributed by atoms with van der Waals surface area (Å²) in [5.74, 6) is 1.06. The minimum absolute atomic E-state index is 0.0242. The SMILES string of the molecule is CCCOc1c(Cl)cc(C(=O)N2CCCC(N3CCCC3)C2)cc1OC. The van der Waals surface area contributed by atoms with E-state index in [1.165, 1.54) is 19.3 Å². The molecule has 26 heavy (non-hydrogen) atoms. The molecule has 1 amide bonds. The molecule has 0 spiro atoms. The first-order chi connectivity index (χ1) is 12.6. The highest BCUT2D eigenvalue weighted by molar-refractivity contribution is 6.32. The van der Waals surface area contributed by atoms with Gasteiger partial charge in [-0.2, -0.15) is 0 Å². The van der Waals surface area contributed by atoms with E-state index < -0.39 is 0 Å². The van der Waals surface area contributed by atoms with Crippen molar-refractivity contribution in [2.24, 2.45) is 0 Å². The van der Waals surface area contributed by atoms with Crippen LogP contribution in [0.15, 0.2) is 12.1 Å². The molecule has 3 rings (SSSR count). The summed E-state index contributed by atoms with van der Waals surface area (Å²) in [4.78, 5) is 17.6. The van der Waals surface area contributed by atoms with Crippen LogP contribution in [0.5, 0.6) is 11.5 Å². The molecule has 144 valence electrons. The van der Waals surface area contributed by atoms with Crippen molar-refractivity contribution in [1.29, 1.82) is 0 Å². The summed E-state index contributed by atoms with van der Waals surface area (Å²) >= 11 is 6.38. The highest BCUT2D eigenvalue weighted by Gasteiger charge is 2.30. The molecular weight excluding hydrogens is 352 g/mol. The fourth-order valence-corrected chi connectivity index (χ4v) is 4.18. The lowest BCUT2D eigenvalue weighted by Crippen LogP contribution is -2.49. The van der Waals surface area contributed by atoms with E-state index in [4.69, 9.17) is 21.1 Å². The van der Waals surface area contributed by atoms with E-state index in [2.05, 4.69) is 4.90 Å². The first kappa shape index (κ1) is 19.3. The molecule has 1 aromatic rings. The van der Waals surface area contributed by atoms with Crippen LogP contribution in [0.4, 0.5) is 0 Å². The van der Waals surface area contributed by atoms with Crippen LogP contribution < -0.4 is 9.47 Å². The largest absolute Gasteiger partial charge is 0.493 e. The van der Waals surface area contributed by atoms with E-state index in [1.54, 1.807) is 19.2 Å². The highest BCUT2D eigenvalue weighted by Crippen LogP contribution is 2.37. The van der Waals surface area contributed by atoms with E-state index in [1.807, 2.05) is 11.8 Å². The van der Waals surface area contributed by atoms with Crippen molar-refractivity contribution in [3.63, 3.8) is 0 Å². The molecule has 6 heteroatoms. The molecule has 2 fully saturated rings. The molecule has 0 aromatic heterocycles. The van der Waals surface area contributed by atoms with Gasteiger partial charge in [0.15, 0.2) is 11.5 Å². The van der Waals surface area contributed by atoms with Crippen molar-refractivity contribution >= 4 is 17.5 Å². The van der Waals surface area contributed by atoms with Gasteiger partial charge in [-0.1, -0.05) is 18.5 Å². The van der Waals surface area contributed by atoms with Gasteiger partial charge >= 0.3 is 0 Å². The van der Waals surface area contributed by atoms with Crippen molar-refractivity contribution < 1.29 is 14.3 Å². The molecule has 0 bridgehead atoms. The van der Waals surface area contributed by atoms with Crippen molar-refractivity contribution in [3.05, 3.63) is 22.7 Å². The zero-order valence-corrected chi connectivity index (χ0v) is 16.6. The number of hydrogen-bond acceptors (Lipinski definition) is 4.